The predicted molar refractivity (Wildman–Crippen MR) is 83.0 cm³/mol. The van der Waals surface area contributed by atoms with Crippen molar-refractivity contribution in [2.45, 2.75) is 6.42 Å². The monoisotopic (exact) mass is 312 g/mol. The van der Waals surface area contributed by atoms with Crippen LogP contribution in [0.15, 0.2) is 55.0 Å². The molecule has 110 valence electrons. The summed E-state index contributed by atoms with van der Waals surface area (Å²) in [6, 6.07) is 10.7. The number of carbonyl (C=O) groups excluding carboxylic acids is 1. The largest absolute Gasteiger partial charge is 0.457 e. The van der Waals surface area contributed by atoms with Gasteiger partial charge < -0.3 is 10.1 Å². The summed E-state index contributed by atoms with van der Waals surface area (Å²) >= 11 is 1.21. The van der Waals surface area contributed by atoms with Gasteiger partial charge in [0.25, 0.3) is 0 Å². The molecule has 22 heavy (non-hydrogen) atoms. The number of hydrogen-bond donors (Lipinski definition) is 1. The first-order chi connectivity index (χ1) is 10.8. The van der Waals surface area contributed by atoms with Crippen molar-refractivity contribution < 1.29 is 9.53 Å². The summed E-state index contributed by atoms with van der Waals surface area (Å²) in [6.45, 7) is 0. The standard InChI is InChI=1S/C15H12N4O2S/c20-15(9-14-10-17-19-22-14)18-11-2-1-3-13(8-11)21-12-4-6-16-7-5-12/h1-8,10H,9H2,(H,18,20). The Bertz CT molecular complexity index is 747. The topological polar surface area (TPSA) is 77.0 Å². The summed E-state index contributed by atoms with van der Waals surface area (Å²) in [5.74, 6) is 1.21. The van der Waals surface area contributed by atoms with Gasteiger partial charge in [-0.2, -0.15) is 0 Å². The molecule has 2 aromatic heterocycles. The number of anilines is 1. The maximum absolute atomic E-state index is 11.9. The molecule has 0 aliphatic rings. The summed E-state index contributed by atoms with van der Waals surface area (Å²) in [6.07, 6.45) is 5.16. The Balaban J connectivity index is 1.65. The van der Waals surface area contributed by atoms with Crippen LogP contribution in [0.1, 0.15) is 4.88 Å². The van der Waals surface area contributed by atoms with E-state index >= 15 is 0 Å². The minimum atomic E-state index is -0.118. The number of ether oxygens (including phenoxy) is 1. The molecule has 1 aromatic carbocycles. The van der Waals surface area contributed by atoms with Crippen molar-refractivity contribution in [1.29, 1.82) is 0 Å². The Hall–Kier alpha value is -2.80. The fourth-order valence-corrected chi connectivity index (χ4v) is 2.30. The van der Waals surface area contributed by atoms with Crippen LogP contribution in [0.25, 0.3) is 0 Å². The first-order valence-corrected chi connectivity index (χ1v) is 7.31. The van der Waals surface area contributed by atoms with Gasteiger partial charge in [-0.15, -0.1) is 5.10 Å². The number of nitrogens with zero attached hydrogens (tertiary/aromatic N) is 3. The van der Waals surface area contributed by atoms with Crippen molar-refractivity contribution in [1.82, 2.24) is 14.6 Å². The van der Waals surface area contributed by atoms with Crippen LogP contribution in [-0.4, -0.2) is 20.5 Å². The molecule has 7 heteroatoms. The highest BCUT2D eigenvalue weighted by atomic mass is 32.1. The fourth-order valence-electron chi connectivity index (χ4n) is 1.81. The van der Waals surface area contributed by atoms with E-state index in [2.05, 4.69) is 19.9 Å². The third-order valence-corrected chi connectivity index (χ3v) is 3.41. The van der Waals surface area contributed by atoms with Crippen molar-refractivity contribution in [2.24, 2.45) is 0 Å². The first-order valence-electron chi connectivity index (χ1n) is 6.53. The van der Waals surface area contributed by atoms with Crippen LogP contribution in [0.2, 0.25) is 0 Å². The molecule has 0 saturated carbocycles. The summed E-state index contributed by atoms with van der Waals surface area (Å²) in [5, 5.41) is 6.53. The molecule has 0 unspecified atom stereocenters. The average molecular weight is 312 g/mol. The van der Waals surface area contributed by atoms with E-state index in [4.69, 9.17) is 4.74 Å². The maximum atomic E-state index is 11.9. The number of benzene rings is 1. The summed E-state index contributed by atoms with van der Waals surface area (Å²) in [5.41, 5.74) is 0.675. The Morgan fingerprint density at radius 1 is 1.18 bits per heavy atom. The van der Waals surface area contributed by atoms with Gasteiger partial charge in [-0.3, -0.25) is 9.78 Å². The van der Waals surface area contributed by atoms with Crippen molar-refractivity contribution in [2.75, 3.05) is 5.32 Å². The van der Waals surface area contributed by atoms with Crippen LogP contribution in [0.5, 0.6) is 11.5 Å². The number of nitrogens with one attached hydrogen (secondary N) is 1. The lowest BCUT2D eigenvalue weighted by Crippen LogP contribution is -2.13. The lowest BCUT2D eigenvalue weighted by Gasteiger charge is -2.08. The zero-order valence-corrected chi connectivity index (χ0v) is 12.3. The fraction of sp³-hybridized carbons (Fsp3) is 0.0667. The Morgan fingerprint density at radius 3 is 2.82 bits per heavy atom. The van der Waals surface area contributed by atoms with Gasteiger partial charge in [0, 0.05) is 24.1 Å². The number of amides is 1. The molecule has 0 fully saturated rings. The molecule has 0 spiro atoms. The van der Waals surface area contributed by atoms with E-state index < -0.39 is 0 Å². The smallest absolute Gasteiger partial charge is 0.229 e. The van der Waals surface area contributed by atoms with E-state index in [-0.39, 0.29) is 12.3 Å². The number of hydrogen-bond acceptors (Lipinski definition) is 6. The molecule has 0 bridgehead atoms. The molecular weight excluding hydrogens is 300 g/mol. The molecule has 3 rings (SSSR count). The van der Waals surface area contributed by atoms with Crippen LogP contribution in [-0.2, 0) is 11.2 Å². The van der Waals surface area contributed by atoms with E-state index in [9.17, 15) is 4.79 Å². The highest BCUT2D eigenvalue weighted by molar-refractivity contribution is 7.05. The van der Waals surface area contributed by atoms with Crippen molar-refractivity contribution in [3.63, 3.8) is 0 Å². The van der Waals surface area contributed by atoms with E-state index in [1.54, 1.807) is 36.8 Å². The van der Waals surface area contributed by atoms with Gasteiger partial charge in [-0.1, -0.05) is 10.6 Å². The minimum absolute atomic E-state index is 0.118. The molecule has 3 aromatic rings. The van der Waals surface area contributed by atoms with E-state index in [0.717, 1.165) is 4.88 Å². The zero-order valence-electron chi connectivity index (χ0n) is 11.5. The Kier molecular flexibility index (Phi) is 4.35. The minimum Gasteiger partial charge on any atom is -0.457 e. The molecule has 2 heterocycles. The van der Waals surface area contributed by atoms with Gasteiger partial charge >= 0.3 is 0 Å². The Labute approximate surface area is 131 Å². The number of carbonyl (C=O) groups is 1. The third-order valence-electron chi connectivity index (χ3n) is 2.74. The van der Waals surface area contributed by atoms with Crippen LogP contribution in [0.3, 0.4) is 0 Å². The molecule has 0 saturated heterocycles. The SMILES string of the molecule is O=C(Cc1cnns1)Nc1cccc(Oc2ccncc2)c1. The van der Waals surface area contributed by atoms with Gasteiger partial charge in [0.05, 0.1) is 17.5 Å². The highest BCUT2D eigenvalue weighted by Gasteiger charge is 2.07. The van der Waals surface area contributed by atoms with E-state index in [1.165, 1.54) is 11.5 Å². The molecule has 0 atom stereocenters. The predicted octanol–water partition coefficient (Wildman–Crippen LogP) is 2.91. The van der Waals surface area contributed by atoms with Gasteiger partial charge in [0.2, 0.25) is 5.91 Å². The number of aromatic nitrogens is 3. The van der Waals surface area contributed by atoms with Crippen molar-refractivity contribution in [3.05, 3.63) is 59.9 Å². The van der Waals surface area contributed by atoms with E-state index in [0.29, 0.717) is 17.2 Å². The van der Waals surface area contributed by atoms with Gasteiger partial charge in [0.1, 0.15) is 11.5 Å². The molecule has 1 amide bonds. The van der Waals surface area contributed by atoms with Crippen LogP contribution >= 0.6 is 11.5 Å². The number of rotatable bonds is 5. The maximum Gasteiger partial charge on any atom is 0.229 e. The molecule has 0 radical (unpaired) electrons. The van der Waals surface area contributed by atoms with Crippen LogP contribution in [0.4, 0.5) is 5.69 Å². The summed E-state index contributed by atoms with van der Waals surface area (Å²) in [4.78, 5) is 16.7. The molecule has 0 aliphatic carbocycles. The quantitative estimate of drug-likeness (QED) is 0.784. The highest BCUT2D eigenvalue weighted by Crippen LogP contribution is 2.23. The van der Waals surface area contributed by atoms with E-state index in [1.807, 2.05) is 18.2 Å². The van der Waals surface area contributed by atoms with Gasteiger partial charge in [0.15, 0.2) is 0 Å². The van der Waals surface area contributed by atoms with Crippen LogP contribution < -0.4 is 10.1 Å². The first kappa shape index (κ1) is 14.2. The van der Waals surface area contributed by atoms with Gasteiger partial charge in [-0.25, -0.2) is 0 Å². The molecular formula is C15H12N4O2S. The average Bonchev–Trinajstić information content (AvgIpc) is 3.01. The third kappa shape index (κ3) is 3.86. The zero-order chi connectivity index (χ0) is 15.2. The normalized spacial score (nSPS) is 10.2. The second kappa shape index (κ2) is 6.77. The van der Waals surface area contributed by atoms with Gasteiger partial charge in [-0.05, 0) is 35.8 Å². The number of pyridine rings is 1. The summed E-state index contributed by atoms with van der Waals surface area (Å²) in [7, 11) is 0. The molecule has 1 N–H and O–H groups in total. The van der Waals surface area contributed by atoms with Crippen LogP contribution in [0, 0.1) is 0 Å². The lowest BCUT2D eigenvalue weighted by atomic mass is 10.2. The lowest BCUT2D eigenvalue weighted by molar-refractivity contribution is -0.115. The Morgan fingerprint density at radius 2 is 2.05 bits per heavy atom. The second-order valence-electron chi connectivity index (χ2n) is 4.42. The molecule has 0 aliphatic heterocycles. The second-order valence-corrected chi connectivity index (χ2v) is 5.29. The summed E-state index contributed by atoms with van der Waals surface area (Å²) < 4.78 is 9.43. The van der Waals surface area contributed by atoms with Crippen molar-refractivity contribution >= 4 is 23.1 Å². The molecule has 6 nitrogen and oxygen atoms in total. The van der Waals surface area contributed by atoms with Crippen molar-refractivity contribution in [3.8, 4) is 11.5 Å².